The minimum atomic E-state index is -1.29. The molecule has 14 nitrogen and oxygen atoms in total. The summed E-state index contributed by atoms with van der Waals surface area (Å²) < 4.78 is 19.3. The van der Waals surface area contributed by atoms with Gasteiger partial charge < -0.3 is 33.7 Å². The fourth-order valence-electron chi connectivity index (χ4n) is 6.36. The average molecular weight is 802 g/mol. The van der Waals surface area contributed by atoms with Crippen LogP contribution in [0.5, 0.6) is 0 Å². The lowest BCUT2D eigenvalue weighted by Crippen LogP contribution is -2.50. The van der Waals surface area contributed by atoms with E-state index in [0.717, 1.165) is 55.2 Å². The maximum Gasteiger partial charge on any atom is 0.410 e. The quantitative estimate of drug-likeness (QED) is 0.102. The highest BCUT2D eigenvalue weighted by molar-refractivity contribution is 7.18. The Kier molecular flexibility index (Phi) is 11.7. The molecule has 1 saturated heterocycles. The molecule has 300 valence electrons. The Labute approximate surface area is 334 Å². The first-order chi connectivity index (χ1) is 26.3. The topological polar surface area (TPSA) is 154 Å². The van der Waals surface area contributed by atoms with Crippen molar-refractivity contribution < 1.29 is 23.6 Å². The molecule has 1 aliphatic rings. The highest BCUT2D eigenvalue weighted by Crippen LogP contribution is 2.38. The van der Waals surface area contributed by atoms with Crippen molar-refractivity contribution in [3.8, 4) is 21.8 Å². The first kappa shape index (κ1) is 41.0. The SMILES string of the molecule is Cc1cc(-c2ncnc3c2cc(-c2cnc(N4CCN(C(=O)OC(C)(C)C)CC4)s2)n3COCC[Si](C)(C)C)ccc1[C@@H](C)NC(=O)c1nc(C(C)(C)C)no1. The van der Waals surface area contributed by atoms with Gasteiger partial charge in [0.1, 0.15) is 24.3 Å². The van der Waals surface area contributed by atoms with Crippen molar-refractivity contribution in [1.29, 1.82) is 0 Å². The zero-order chi connectivity index (χ0) is 40.6. The summed E-state index contributed by atoms with van der Waals surface area (Å²) in [7, 11) is -1.29. The number of nitrogens with one attached hydrogen (secondary N) is 1. The number of piperazine rings is 1. The Morgan fingerprint density at radius 1 is 1.02 bits per heavy atom. The summed E-state index contributed by atoms with van der Waals surface area (Å²) in [6.45, 7) is 26.0. The number of aromatic nitrogens is 6. The van der Waals surface area contributed by atoms with Crippen LogP contribution < -0.4 is 10.2 Å². The van der Waals surface area contributed by atoms with Gasteiger partial charge in [-0.25, -0.2) is 19.7 Å². The largest absolute Gasteiger partial charge is 0.444 e. The Bertz CT molecular complexity index is 2190. The maximum absolute atomic E-state index is 13.0. The Balaban J connectivity index is 1.25. The zero-order valence-electron chi connectivity index (χ0n) is 34.5. The van der Waals surface area contributed by atoms with Crippen molar-refractivity contribution in [2.75, 3.05) is 37.7 Å². The van der Waals surface area contributed by atoms with Crippen LogP contribution in [0.15, 0.2) is 41.3 Å². The second-order valence-electron chi connectivity index (χ2n) is 17.7. The van der Waals surface area contributed by atoms with Gasteiger partial charge in [-0.2, -0.15) is 4.98 Å². The van der Waals surface area contributed by atoms with Crippen molar-refractivity contribution in [3.63, 3.8) is 0 Å². The average Bonchev–Trinajstić information content (AvgIpc) is 3.88. The van der Waals surface area contributed by atoms with E-state index in [4.69, 9.17) is 28.9 Å². The first-order valence-corrected chi connectivity index (χ1v) is 23.7. The van der Waals surface area contributed by atoms with Crippen LogP contribution in [0.1, 0.15) is 82.1 Å². The van der Waals surface area contributed by atoms with E-state index >= 15 is 0 Å². The summed E-state index contributed by atoms with van der Waals surface area (Å²) >= 11 is 1.61. The molecule has 1 aliphatic heterocycles. The molecule has 0 saturated carbocycles. The van der Waals surface area contributed by atoms with Crippen molar-refractivity contribution in [1.82, 2.24) is 39.9 Å². The zero-order valence-corrected chi connectivity index (χ0v) is 36.3. The predicted octanol–water partition coefficient (Wildman–Crippen LogP) is 8.07. The third-order valence-electron chi connectivity index (χ3n) is 9.50. The Hall–Kier alpha value is -4.67. The smallest absolute Gasteiger partial charge is 0.410 e. The minimum absolute atomic E-state index is 0.0574. The summed E-state index contributed by atoms with van der Waals surface area (Å²) in [4.78, 5) is 49.3. The van der Waals surface area contributed by atoms with Crippen molar-refractivity contribution >= 4 is 47.6 Å². The van der Waals surface area contributed by atoms with E-state index in [0.29, 0.717) is 45.3 Å². The van der Waals surface area contributed by atoms with Gasteiger partial charge in [0.25, 0.3) is 0 Å². The molecule has 2 amide bonds. The number of fused-ring (bicyclic) bond motifs is 1. The van der Waals surface area contributed by atoms with Crippen LogP contribution in [0.4, 0.5) is 9.93 Å². The molecular formula is C40H55N9O5SSi. The van der Waals surface area contributed by atoms with Crippen LogP contribution in [-0.2, 0) is 21.6 Å². The fraction of sp³-hybridized carbons (Fsp3) is 0.525. The van der Waals surface area contributed by atoms with E-state index < -0.39 is 19.6 Å². The molecule has 1 fully saturated rings. The normalized spacial score (nSPS) is 14.7. The Morgan fingerprint density at radius 2 is 1.75 bits per heavy atom. The third-order valence-corrected chi connectivity index (χ3v) is 12.3. The van der Waals surface area contributed by atoms with Gasteiger partial charge in [0.15, 0.2) is 11.0 Å². The summed E-state index contributed by atoms with van der Waals surface area (Å²) in [6.07, 6.45) is 3.23. The Morgan fingerprint density at radius 3 is 2.39 bits per heavy atom. The molecule has 0 aliphatic carbocycles. The molecule has 5 aromatic rings. The lowest BCUT2D eigenvalue weighted by atomic mass is 9.96. The van der Waals surface area contributed by atoms with Crippen LogP contribution in [0, 0.1) is 6.92 Å². The lowest BCUT2D eigenvalue weighted by molar-refractivity contribution is 0.0240. The molecule has 6 rings (SSSR count). The van der Waals surface area contributed by atoms with E-state index in [1.54, 1.807) is 22.6 Å². The number of thiazole rings is 1. The van der Waals surface area contributed by atoms with Crippen molar-refractivity contribution in [3.05, 3.63) is 59.6 Å². The fourth-order valence-corrected chi connectivity index (χ4v) is 8.11. The first-order valence-electron chi connectivity index (χ1n) is 19.1. The second-order valence-corrected chi connectivity index (χ2v) is 24.3. The van der Waals surface area contributed by atoms with Gasteiger partial charge in [-0.15, -0.1) is 0 Å². The molecule has 0 spiro atoms. The summed E-state index contributed by atoms with van der Waals surface area (Å²) in [5, 5.41) is 8.78. The van der Waals surface area contributed by atoms with Gasteiger partial charge in [-0.05, 0) is 63.9 Å². The summed E-state index contributed by atoms with van der Waals surface area (Å²) in [6, 6.07) is 9.01. The van der Waals surface area contributed by atoms with E-state index in [1.807, 2.05) is 73.7 Å². The van der Waals surface area contributed by atoms with Gasteiger partial charge in [-0.3, -0.25) is 4.79 Å². The molecule has 5 heterocycles. The number of nitrogens with zero attached hydrogens (tertiary/aromatic N) is 8. The molecule has 0 bridgehead atoms. The minimum Gasteiger partial charge on any atom is -0.444 e. The number of rotatable bonds is 11. The van der Waals surface area contributed by atoms with Gasteiger partial charge in [0.2, 0.25) is 0 Å². The van der Waals surface area contributed by atoms with Crippen LogP contribution in [0.3, 0.4) is 0 Å². The van der Waals surface area contributed by atoms with Crippen LogP contribution in [-0.4, -0.2) is 93.0 Å². The monoisotopic (exact) mass is 801 g/mol. The standard InChI is InChI=1S/C40H55N9O5SSi/c1-25-20-27(12-13-28(25)26(2)44-34(50)35-45-36(46-54-35)39(3,4)5)32-29-21-30(49(33(29)43-23-42-32)24-52-18-19-56(9,10)11)31-22-41-37(55-31)47-14-16-48(17-15-47)38(51)53-40(6,7)8/h12-13,20-23,26H,14-19,24H2,1-11H3,(H,44,50)/t26-/m1/s1. The van der Waals surface area contributed by atoms with Crippen LogP contribution in [0.2, 0.25) is 25.7 Å². The van der Waals surface area contributed by atoms with Gasteiger partial charge in [0.05, 0.1) is 22.3 Å². The summed E-state index contributed by atoms with van der Waals surface area (Å²) in [5.74, 6) is 0.00263. The van der Waals surface area contributed by atoms with Gasteiger partial charge in [0, 0.05) is 63.4 Å². The number of hydrogen-bond donors (Lipinski definition) is 1. The van der Waals surface area contributed by atoms with Crippen molar-refractivity contribution in [2.45, 2.75) is 105 Å². The van der Waals surface area contributed by atoms with Crippen molar-refractivity contribution in [2.24, 2.45) is 0 Å². The molecule has 0 radical (unpaired) electrons. The molecule has 56 heavy (non-hydrogen) atoms. The van der Waals surface area contributed by atoms with Crippen LogP contribution >= 0.6 is 11.3 Å². The molecule has 16 heteroatoms. The lowest BCUT2D eigenvalue weighted by Gasteiger charge is -2.35. The third kappa shape index (κ3) is 9.64. The van der Waals surface area contributed by atoms with Gasteiger partial charge >= 0.3 is 17.9 Å². The van der Waals surface area contributed by atoms with Crippen LogP contribution in [0.25, 0.3) is 32.9 Å². The summed E-state index contributed by atoms with van der Waals surface area (Å²) in [5.41, 5.74) is 4.54. The van der Waals surface area contributed by atoms with Gasteiger partial charge in [-0.1, -0.05) is 69.0 Å². The second kappa shape index (κ2) is 16.1. The molecule has 1 N–H and O–H groups in total. The number of benzene rings is 1. The van der Waals surface area contributed by atoms with E-state index in [9.17, 15) is 9.59 Å². The highest BCUT2D eigenvalue weighted by atomic mass is 32.1. The van der Waals surface area contributed by atoms with E-state index in [1.165, 1.54) is 0 Å². The molecular weight excluding hydrogens is 747 g/mol. The molecule has 0 unspecified atom stereocenters. The molecule has 4 aromatic heterocycles. The van der Waals surface area contributed by atoms with E-state index in [-0.39, 0.29) is 23.4 Å². The predicted molar refractivity (Wildman–Crippen MR) is 222 cm³/mol. The highest BCUT2D eigenvalue weighted by Gasteiger charge is 2.29. The maximum atomic E-state index is 13.0. The molecule has 1 aromatic carbocycles. The number of anilines is 1. The number of amides is 2. The number of aryl methyl sites for hydroxylation is 1. The number of ether oxygens (including phenoxy) is 2. The molecule has 1 atom stereocenters. The number of hydrogen-bond acceptors (Lipinski definition) is 12. The van der Waals surface area contributed by atoms with E-state index in [2.05, 4.69) is 56.7 Å². The number of carbonyl (C=O) groups is 2. The number of carbonyl (C=O) groups excluding carboxylic acids is 2.